The summed E-state index contributed by atoms with van der Waals surface area (Å²) in [6, 6.07) is 1.45. The van der Waals surface area contributed by atoms with Gasteiger partial charge in [-0.05, 0) is 37.2 Å². The van der Waals surface area contributed by atoms with Gasteiger partial charge in [0.2, 0.25) is 0 Å². The van der Waals surface area contributed by atoms with E-state index >= 15 is 0 Å². The van der Waals surface area contributed by atoms with Gasteiger partial charge in [-0.25, -0.2) is 4.79 Å². The van der Waals surface area contributed by atoms with E-state index in [-0.39, 0.29) is 12.6 Å². The number of hydrogen-bond acceptors (Lipinski definition) is 7. The van der Waals surface area contributed by atoms with Gasteiger partial charge in [-0.2, -0.15) is 23.4 Å². The van der Waals surface area contributed by atoms with Crippen LogP contribution in [0.4, 0.5) is 29.5 Å². The van der Waals surface area contributed by atoms with Crippen molar-refractivity contribution in [3.8, 4) is 11.4 Å². The van der Waals surface area contributed by atoms with Gasteiger partial charge >= 0.3 is 12.2 Å². The summed E-state index contributed by atoms with van der Waals surface area (Å²) < 4.78 is 42.5. The van der Waals surface area contributed by atoms with Crippen LogP contribution in [0.3, 0.4) is 0 Å². The number of fused-ring (bicyclic) bond motifs is 1. The second kappa shape index (κ2) is 10.1. The maximum Gasteiger partial charge on any atom is 0.417 e. The first-order valence-corrected chi connectivity index (χ1v) is 14.6. The van der Waals surface area contributed by atoms with Crippen LogP contribution in [0.1, 0.15) is 52.9 Å². The molecule has 228 valence electrons. The molecular weight excluding hydrogens is 551 g/mol. The number of halogens is 3. The van der Waals surface area contributed by atoms with Gasteiger partial charge in [0.15, 0.2) is 11.4 Å². The number of nitrogens with one attached hydrogen (secondary N) is 2. The standard InChI is InChI=1S/C28H38F3N9O2/c1-16(2)13-40-22-10-20(33-11-18(22)24(37-40)38-8-4-17(3)19(32)14-38)23-21(12-34-36-23)35-25(41)39-9-7-27(42,28(29,30)31)15-26(39)5-6-26/h10-12,16-17,19,42H,4-9,13-15,32H2,1-3H3,(H,34,36)(H,35,41). The van der Waals surface area contributed by atoms with Crippen LogP contribution in [0, 0.1) is 11.8 Å². The lowest BCUT2D eigenvalue weighted by Crippen LogP contribution is -2.60. The molecule has 0 bridgehead atoms. The maximum absolute atomic E-state index is 13.5. The lowest BCUT2D eigenvalue weighted by Gasteiger charge is -2.45. The minimum Gasteiger partial charge on any atom is -0.380 e. The summed E-state index contributed by atoms with van der Waals surface area (Å²) in [5, 5.41) is 26.0. The Morgan fingerprint density at radius 3 is 2.69 bits per heavy atom. The summed E-state index contributed by atoms with van der Waals surface area (Å²) in [7, 11) is 0. The van der Waals surface area contributed by atoms with E-state index in [9.17, 15) is 23.1 Å². The van der Waals surface area contributed by atoms with E-state index in [1.54, 1.807) is 6.20 Å². The monoisotopic (exact) mass is 589 g/mol. The number of hydrogen-bond donors (Lipinski definition) is 4. The van der Waals surface area contributed by atoms with E-state index in [0.717, 1.165) is 29.7 Å². The number of aromatic amines is 1. The Morgan fingerprint density at radius 2 is 2.02 bits per heavy atom. The van der Waals surface area contributed by atoms with Crippen LogP contribution in [0.25, 0.3) is 22.3 Å². The fourth-order valence-electron chi connectivity index (χ4n) is 6.37. The molecule has 3 aromatic heterocycles. The molecular formula is C28H38F3N9O2. The van der Waals surface area contributed by atoms with Gasteiger partial charge in [0.25, 0.3) is 0 Å². The number of nitrogens with zero attached hydrogens (tertiary/aromatic N) is 6. The molecule has 5 N–H and O–H groups in total. The number of nitrogens with two attached hydrogens (primary N) is 1. The number of rotatable bonds is 5. The number of pyridine rings is 1. The van der Waals surface area contributed by atoms with Crippen molar-refractivity contribution in [3.63, 3.8) is 0 Å². The first kappa shape index (κ1) is 28.7. The van der Waals surface area contributed by atoms with Gasteiger partial charge in [0.05, 0.1) is 28.5 Å². The second-order valence-corrected chi connectivity index (χ2v) is 12.8. The molecule has 2 aliphatic heterocycles. The summed E-state index contributed by atoms with van der Waals surface area (Å²) in [6.45, 7) is 8.49. The predicted molar refractivity (Wildman–Crippen MR) is 152 cm³/mol. The number of aliphatic hydroxyl groups is 1. The number of carbonyl (C=O) groups excluding carboxylic acids is 1. The van der Waals surface area contributed by atoms with Gasteiger partial charge in [0, 0.05) is 56.8 Å². The van der Waals surface area contributed by atoms with E-state index in [0.29, 0.717) is 54.8 Å². The molecule has 1 aliphatic carbocycles. The Balaban J connectivity index is 1.27. The highest BCUT2D eigenvalue weighted by molar-refractivity contribution is 5.96. The van der Waals surface area contributed by atoms with Crippen molar-refractivity contribution in [2.75, 3.05) is 29.9 Å². The van der Waals surface area contributed by atoms with E-state index in [1.165, 1.54) is 11.1 Å². The smallest absolute Gasteiger partial charge is 0.380 e. The third-order valence-corrected chi connectivity index (χ3v) is 9.15. The number of amides is 2. The molecule has 6 rings (SSSR count). The fraction of sp³-hybridized carbons (Fsp3) is 0.643. The first-order valence-electron chi connectivity index (χ1n) is 14.6. The lowest BCUT2D eigenvalue weighted by atomic mass is 9.84. The molecule has 3 aliphatic rings. The Morgan fingerprint density at radius 1 is 1.26 bits per heavy atom. The number of piperidine rings is 2. The molecule has 3 atom stereocenters. The number of aromatic nitrogens is 5. The molecule has 11 nitrogen and oxygen atoms in total. The minimum absolute atomic E-state index is 0.0596. The Kier molecular flexibility index (Phi) is 6.91. The molecule has 3 fully saturated rings. The molecule has 14 heteroatoms. The third-order valence-electron chi connectivity index (χ3n) is 9.15. The van der Waals surface area contributed by atoms with Crippen molar-refractivity contribution in [1.29, 1.82) is 0 Å². The van der Waals surface area contributed by atoms with Crippen LogP contribution in [0.15, 0.2) is 18.5 Å². The number of anilines is 2. The van der Waals surface area contributed by atoms with Crippen molar-refractivity contribution in [2.45, 2.75) is 82.8 Å². The summed E-state index contributed by atoms with van der Waals surface area (Å²) in [5.74, 6) is 1.64. The number of alkyl halides is 3. The zero-order valence-corrected chi connectivity index (χ0v) is 24.1. The van der Waals surface area contributed by atoms with E-state index < -0.39 is 36.2 Å². The molecule has 2 saturated heterocycles. The highest BCUT2D eigenvalue weighted by atomic mass is 19.4. The quantitative estimate of drug-likeness (QED) is 0.351. The fourth-order valence-corrected chi connectivity index (χ4v) is 6.37. The molecule has 3 aromatic rings. The van der Waals surface area contributed by atoms with Crippen LogP contribution < -0.4 is 16.0 Å². The number of H-pyrrole nitrogens is 1. The molecule has 1 saturated carbocycles. The molecule has 42 heavy (non-hydrogen) atoms. The SMILES string of the molecule is CC(C)Cn1nc(N2CCC(C)C(N)C2)c2cnc(-c3[nH]ncc3NC(=O)N3CCC(O)(C(F)(F)F)CC34CC4)cc21. The zero-order valence-electron chi connectivity index (χ0n) is 24.1. The topological polar surface area (TPSA) is 141 Å². The van der Waals surface area contributed by atoms with Crippen molar-refractivity contribution >= 4 is 28.4 Å². The largest absolute Gasteiger partial charge is 0.417 e. The normalized spacial score (nSPS) is 25.9. The van der Waals surface area contributed by atoms with Gasteiger partial charge in [0.1, 0.15) is 5.69 Å². The van der Waals surface area contributed by atoms with Crippen LogP contribution in [0.5, 0.6) is 0 Å². The predicted octanol–water partition coefficient (Wildman–Crippen LogP) is 4.10. The highest BCUT2D eigenvalue weighted by Crippen LogP contribution is 2.55. The van der Waals surface area contributed by atoms with E-state index in [4.69, 9.17) is 15.8 Å². The molecule has 2 amide bonds. The average molecular weight is 590 g/mol. The average Bonchev–Trinajstić information content (AvgIpc) is 3.35. The van der Waals surface area contributed by atoms with Crippen molar-refractivity contribution < 1.29 is 23.1 Å². The minimum atomic E-state index is -4.74. The van der Waals surface area contributed by atoms with Crippen molar-refractivity contribution in [3.05, 3.63) is 18.5 Å². The lowest BCUT2D eigenvalue weighted by molar-refractivity contribution is -0.277. The number of likely N-dealkylation sites (tertiary alicyclic amines) is 1. The van der Waals surface area contributed by atoms with Gasteiger partial charge in [-0.1, -0.05) is 20.8 Å². The first-order chi connectivity index (χ1) is 19.8. The third kappa shape index (κ3) is 4.97. The van der Waals surface area contributed by atoms with Gasteiger partial charge in [-0.15, -0.1) is 0 Å². The highest BCUT2D eigenvalue weighted by Gasteiger charge is 2.65. The van der Waals surface area contributed by atoms with E-state index in [1.807, 2.05) is 10.7 Å². The van der Waals surface area contributed by atoms with Crippen molar-refractivity contribution in [2.24, 2.45) is 17.6 Å². The summed E-state index contributed by atoms with van der Waals surface area (Å²) in [5.41, 5.74) is 4.88. The van der Waals surface area contributed by atoms with Crippen LogP contribution in [-0.2, 0) is 6.54 Å². The molecule has 0 radical (unpaired) electrons. The van der Waals surface area contributed by atoms with Crippen molar-refractivity contribution in [1.82, 2.24) is 29.9 Å². The Labute approximate surface area is 241 Å². The van der Waals surface area contributed by atoms with E-state index in [2.05, 4.69) is 41.2 Å². The Hall–Kier alpha value is -3.39. The van der Waals surface area contributed by atoms with Gasteiger partial charge in [-0.3, -0.25) is 14.8 Å². The Bertz CT molecular complexity index is 1480. The van der Waals surface area contributed by atoms with Crippen LogP contribution >= 0.6 is 0 Å². The number of urea groups is 1. The van der Waals surface area contributed by atoms with Crippen LogP contribution in [-0.4, -0.2) is 84.0 Å². The molecule has 1 spiro atoms. The summed E-state index contributed by atoms with van der Waals surface area (Å²) >= 11 is 0. The van der Waals surface area contributed by atoms with Gasteiger partial charge < -0.3 is 26.0 Å². The zero-order chi connectivity index (χ0) is 30.0. The van der Waals surface area contributed by atoms with Crippen LogP contribution in [0.2, 0.25) is 0 Å². The summed E-state index contributed by atoms with van der Waals surface area (Å²) in [6.07, 6.45) is -0.772. The second-order valence-electron chi connectivity index (χ2n) is 12.8. The molecule has 5 heterocycles. The maximum atomic E-state index is 13.5. The molecule has 0 aromatic carbocycles. The number of carbonyl (C=O) groups is 1. The summed E-state index contributed by atoms with van der Waals surface area (Å²) in [4.78, 5) is 21.7. The molecule has 3 unspecified atom stereocenters.